The summed E-state index contributed by atoms with van der Waals surface area (Å²) in [5.41, 5.74) is 1.51. The number of aryl methyl sites for hydroxylation is 1. The van der Waals surface area contributed by atoms with E-state index in [0.717, 1.165) is 4.31 Å². The van der Waals surface area contributed by atoms with Crippen LogP contribution in [-0.4, -0.2) is 50.9 Å². The van der Waals surface area contributed by atoms with Crippen LogP contribution in [0.5, 0.6) is 5.75 Å². The van der Waals surface area contributed by atoms with Gasteiger partial charge in [0.25, 0.3) is 0 Å². The number of esters is 1. The van der Waals surface area contributed by atoms with Crippen LogP contribution in [0.25, 0.3) is 0 Å². The lowest BCUT2D eigenvalue weighted by molar-refractivity contribution is -0.116. The van der Waals surface area contributed by atoms with Gasteiger partial charge >= 0.3 is 5.97 Å². The lowest BCUT2D eigenvalue weighted by Crippen LogP contribution is -2.37. The highest BCUT2D eigenvalue weighted by Crippen LogP contribution is 2.24. The Bertz CT molecular complexity index is 1020. The standard InChI is InChI=1S/C22H28N2O6S/c1-5-24(31(27,28)19-12-13-20(29-6-2)16(4)14-19)15-21(25)23-18-10-8-17(9-11-18)22(26)30-7-3/h8-14H,5-7,15H2,1-4H3,(H,23,25). The van der Waals surface area contributed by atoms with Crippen molar-refractivity contribution in [3.8, 4) is 5.75 Å². The fourth-order valence-corrected chi connectivity index (χ4v) is 4.37. The molecule has 2 aromatic rings. The topological polar surface area (TPSA) is 102 Å². The molecule has 31 heavy (non-hydrogen) atoms. The Balaban J connectivity index is 2.10. The summed E-state index contributed by atoms with van der Waals surface area (Å²) in [6, 6.07) is 10.8. The molecule has 0 fully saturated rings. The predicted octanol–water partition coefficient (Wildman–Crippen LogP) is 3.22. The summed E-state index contributed by atoms with van der Waals surface area (Å²) in [5.74, 6) is -0.320. The predicted molar refractivity (Wildman–Crippen MR) is 118 cm³/mol. The average Bonchev–Trinajstić information content (AvgIpc) is 2.74. The number of ether oxygens (including phenoxy) is 2. The zero-order chi connectivity index (χ0) is 23.0. The fourth-order valence-electron chi connectivity index (χ4n) is 2.88. The minimum atomic E-state index is -3.86. The van der Waals surface area contributed by atoms with Crippen LogP contribution in [0.2, 0.25) is 0 Å². The lowest BCUT2D eigenvalue weighted by atomic mass is 10.2. The zero-order valence-electron chi connectivity index (χ0n) is 18.2. The second-order valence-electron chi connectivity index (χ2n) is 6.64. The first-order valence-corrected chi connectivity index (χ1v) is 11.5. The van der Waals surface area contributed by atoms with Gasteiger partial charge in [0.2, 0.25) is 15.9 Å². The van der Waals surface area contributed by atoms with E-state index in [0.29, 0.717) is 29.2 Å². The van der Waals surface area contributed by atoms with Gasteiger partial charge in [-0.05, 0) is 68.8 Å². The van der Waals surface area contributed by atoms with Gasteiger partial charge in [0.05, 0.1) is 30.2 Å². The maximum Gasteiger partial charge on any atom is 0.338 e. The maximum absolute atomic E-state index is 13.0. The van der Waals surface area contributed by atoms with E-state index < -0.39 is 21.9 Å². The number of amides is 1. The van der Waals surface area contributed by atoms with Crippen molar-refractivity contribution in [2.45, 2.75) is 32.6 Å². The number of hydrogen-bond acceptors (Lipinski definition) is 6. The highest BCUT2D eigenvalue weighted by atomic mass is 32.2. The summed E-state index contributed by atoms with van der Waals surface area (Å²) >= 11 is 0. The maximum atomic E-state index is 13.0. The van der Waals surface area contributed by atoms with Gasteiger partial charge in [-0.25, -0.2) is 13.2 Å². The van der Waals surface area contributed by atoms with Crippen LogP contribution in [0.15, 0.2) is 47.4 Å². The Morgan fingerprint density at radius 2 is 1.68 bits per heavy atom. The summed E-state index contributed by atoms with van der Waals surface area (Å²) in [6.45, 7) is 7.55. The van der Waals surface area contributed by atoms with E-state index in [1.165, 1.54) is 24.3 Å². The van der Waals surface area contributed by atoms with E-state index in [1.54, 1.807) is 39.0 Å². The van der Waals surface area contributed by atoms with E-state index in [1.807, 2.05) is 6.92 Å². The minimum Gasteiger partial charge on any atom is -0.494 e. The first-order valence-electron chi connectivity index (χ1n) is 10.0. The van der Waals surface area contributed by atoms with Crippen LogP contribution in [0.4, 0.5) is 5.69 Å². The summed E-state index contributed by atoms with van der Waals surface area (Å²) in [5, 5.41) is 2.65. The summed E-state index contributed by atoms with van der Waals surface area (Å²) in [7, 11) is -3.86. The van der Waals surface area contributed by atoms with E-state index in [2.05, 4.69) is 5.32 Å². The van der Waals surface area contributed by atoms with Crippen LogP contribution in [0, 0.1) is 6.92 Å². The Morgan fingerprint density at radius 1 is 1.00 bits per heavy atom. The molecule has 0 aliphatic heterocycles. The minimum absolute atomic E-state index is 0.0990. The van der Waals surface area contributed by atoms with Crippen LogP contribution >= 0.6 is 0 Å². The van der Waals surface area contributed by atoms with Gasteiger partial charge in [0.1, 0.15) is 5.75 Å². The third kappa shape index (κ3) is 6.28. The molecular formula is C22H28N2O6S. The van der Waals surface area contributed by atoms with Gasteiger partial charge in [-0.2, -0.15) is 4.31 Å². The van der Waals surface area contributed by atoms with Crippen molar-refractivity contribution in [1.82, 2.24) is 4.31 Å². The molecule has 0 aliphatic carbocycles. The van der Waals surface area contributed by atoms with E-state index >= 15 is 0 Å². The molecule has 0 saturated carbocycles. The fraction of sp³-hybridized carbons (Fsp3) is 0.364. The summed E-state index contributed by atoms with van der Waals surface area (Å²) in [6.07, 6.45) is 0. The molecule has 0 heterocycles. The first kappa shape index (κ1) is 24.4. The zero-order valence-corrected chi connectivity index (χ0v) is 19.0. The number of rotatable bonds is 10. The van der Waals surface area contributed by atoms with Gasteiger partial charge < -0.3 is 14.8 Å². The molecule has 2 aromatic carbocycles. The molecule has 9 heteroatoms. The van der Waals surface area contributed by atoms with Crippen molar-refractivity contribution in [1.29, 1.82) is 0 Å². The number of hydrogen-bond donors (Lipinski definition) is 1. The van der Waals surface area contributed by atoms with Crippen molar-refractivity contribution < 1.29 is 27.5 Å². The Labute approximate surface area is 183 Å². The number of carbonyl (C=O) groups is 2. The molecular weight excluding hydrogens is 420 g/mol. The van der Waals surface area contributed by atoms with Crippen LogP contribution in [-0.2, 0) is 19.6 Å². The number of benzene rings is 2. The Hall–Kier alpha value is -2.91. The molecule has 0 aliphatic rings. The first-order chi connectivity index (χ1) is 14.7. The highest BCUT2D eigenvalue weighted by molar-refractivity contribution is 7.89. The molecule has 1 amide bonds. The SMILES string of the molecule is CCOC(=O)c1ccc(NC(=O)CN(CC)S(=O)(=O)c2ccc(OCC)c(C)c2)cc1. The van der Waals surface area contributed by atoms with Gasteiger partial charge in [-0.1, -0.05) is 6.92 Å². The molecule has 2 rings (SSSR count). The van der Waals surface area contributed by atoms with Gasteiger partial charge in [0.15, 0.2) is 0 Å². The van der Waals surface area contributed by atoms with Crippen molar-refractivity contribution >= 4 is 27.6 Å². The third-order valence-corrected chi connectivity index (χ3v) is 6.35. The number of anilines is 1. The average molecular weight is 449 g/mol. The molecule has 8 nitrogen and oxygen atoms in total. The summed E-state index contributed by atoms with van der Waals surface area (Å²) in [4.78, 5) is 24.3. The molecule has 0 spiro atoms. The number of nitrogens with zero attached hydrogens (tertiary/aromatic N) is 1. The molecule has 0 aromatic heterocycles. The molecule has 0 bridgehead atoms. The molecule has 1 N–H and O–H groups in total. The molecule has 0 unspecified atom stereocenters. The van der Waals surface area contributed by atoms with Gasteiger partial charge in [0, 0.05) is 12.2 Å². The third-order valence-electron chi connectivity index (χ3n) is 4.44. The Morgan fingerprint density at radius 3 is 2.23 bits per heavy atom. The number of nitrogens with one attached hydrogen (secondary N) is 1. The second-order valence-corrected chi connectivity index (χ2v) is 8.58. The number of sulfonamides is 1. The quantitative estimate of drug-likeness (QED) is 0.560. The normalized spacial score (nSPS) is 11.3. The number of carbonyl (C=O) groups excluding carboxylic acids is 2. The van der Waals surface area contributed by atoms with E-state index in [9.17, 15) is 18.0 Å². The highest BCUT2D eigenvalue weighted by Gasteiger charge is 2.26. The van der Waals surface area contributed by atoms with Gasteiger partial charge in [-0.3, -0.25) is 4.79 Å². The van der Waals surface area contributed by atoms with E-state index in [4.69, 9.17) is 9.47 Å². The monoisotopic (exact) mass is 448 g/mol. The van der Waals surface area contributed by atoms with Crippen molar-refractivity contribution in [2.75, 3.05) is 31.6 Å². The smallest absolute Gasteiger partial charge is 0.338 e. The van der Waals surface area contributed by atoms with Crippen molar-refractivity contribution in [2.24, 2.45) is 0 Å². The number of likely N-dealkylation sites (N-methyl/N-ethyl adjacent to an activating group) is 1. The largest absolute Gasteiger partial charge is 0.494 e. The van der Waals surface area contributed by atoms with Crippen molar-refractivity contribution in [3.05, 3.63) is 53.6 Å². The van der Waals surface area contributed by atoms with Crippen LogP contribution in [0.1, 0.15) is 36.7 Å². The van der Waals surface area contributed by atoms with Crippen LogP contribution < -0.4 is 10.1 Å². The molecule has 0 atom stereocenters. The second kappa shape index (κ2) is 10.9. The Kier molecular flexibility index (Phi) is 8.58. The molecule has 0 saturated heterocycles. The van der Waals surface area contributed by atoms with Gasteiger partial charge in [-0.15, -0.1) is 0 Å². The van der Waals surface area contributed by atoms with E-state index in [-0.39, 0.29) is 24.6 Å². The lowest BCUT2D eigenvalue weighted by Gasteiger charge is -2.21. The van der Waals surface area contributed by atoms with Crippen LogP contribution in [0.3, 0.4) is 0 Å². The molecule has 168 valence electrons. The summed E-state index contributed by atoms with van der Waals surface area (Å²) < 4.78 is 37.5. The molecule has 0 radical (unpaired) electrons. The van der Waals surface area contributed by atoms with Crippen molar-refractivity contribution in [3.63, 3.8) is 0 Å².